The van der Waals surface area contributed by atoms with Crippen molar-refractivity contribution in [3.8, 4) is 0 Å². The molecule has 2 N–H and O–H groups in total. The van der Waals surface area contributed by atoms with E-state index in [-0.39, 0.29) is 0 Å². The maximum absolute atomic E-state index is 6.18. The summed E-state index contributed by atoms with van der Waals surface area (Å²) < 4.78 is 0. The number of nitrogen functional groups attached to an aromatic ring is 1. The van der Waals surface area contributed by atoms with Crippen molar-refractivity contribution < 1.29 is 0 Å². The molecule has 1 aromatic heterocycles. The van der Waals surface area contributed by atoms with Crippen LogP contribution in [0.15, 0.2) is 34.0 Å². The molecular weight excluding hydrogens is 364 g/mol. The van der Waals surface area contributed by atoms with Crippen molar-refractivity contribution in [2.45, 2.75) is 50.8 Å². The minimum Gasteiger partial charge on any atom is -0.382 e. The lowest BCUT2D eigenvalue weighted by Crippen LogP contribution is -2.38. The van der Waals surface area contributed by atoms with E-state index in [1.54, 1.807) is 18.0 Å². The van der Waals surface area contributed by atoms with Gasteiger partial charge in [-0.25, -0.2) is 9.98 Å². The molecule has 2 heterocycles. The van der Waals surface area contributed by atoms with Crippen molar-refractivity contribution in [3.05, 3.63) is 29.2 Å². The van der Waals surface area contributed by atoms with Crippen molar-refractivity contribution >= 4 is 35.4 Å². The number of nitrogens with zero attached hydrogens (tertiary/aromatic N) is 3. The predicted octanol–water partition coefficient (Wildman–Crippen LogP) is 5.24. The number of pyridine rings is 1. The first-order valence-electron chi connectivity index (χ1n) is 9.49. The maximum Gasteiger partial charge on any atom is 0.143 e. The Bertz CT molecular complexity index is 680. The molecule has 26 heavy (non-hydrogen) atoms. The third kappa shape index (κ3) is 4.55. The molecule has 1 aromatic rings. The van der Waals surface area contributed by atoms with Gasteiger partial charge in [0.2, 0.25) is 0 Å². The van der Waals surface area contributed by atoms with Crippen molar-refractivity contribution in [1.82, 2.24) is 9.88 Å². The summed E-state index contributed by atoms with van der Waals surface area (Å²) in [4.78, 5) is 12.1. The van der Waals surface area contributed by atoms with Gasteiger partial charge < -0.3 is 10.6 Å². The van der Waals surface area contributed by atoms with Crippen LogP contribution >= 0.6 is 23.4 Å². The first kappa shape index (κ1) is 19.6. The highest BCUT2D eigenvalue weighted by atomic mass is 35.5. The van der Waals surface area contributed by atoms with E-state index in [9.17, 15) is 0 Å². The van der Waals surface area contributed by atoms with Crippen LogP contribution in [0.2, 0.25) is 5.02 Å². The lowest BCUT2D eigenvalue weighted by atomic mass is 9.76. The average molecular weight is 393 g/mol. The Morgan fingerprint density at radius 1 is 1.46 bits per heavy atom. The highest BCUT2D eigenvalue weighted by molar-refractivity contribution is 8.00. The fourth-order valence-electron chi connectivity index (χ4n) is 4.31. The van der Waals surface area contributed by atoms with Gasteiger partial charge >= 0.3 is 0 Å². The molecule has 4 nitrogen and oxygen atoms in total. The molecule has 0 radical (unpaired) electrons. The van der Waals surface area contributed by atoms with E-state index < -0.39 is 0 Å². The smallest absolute Gasteiger partial charge is 0.143 e. The topological polar surface area (TPSA) is 54.5 Å². The third-order valence-corrected chi connectivity index (χ3v) is 7.25. The summed E-state index contributed by atoms with van der Waals surface area (Å²) in [6, 6.07) is 1.89. The molecule has 2 aliphatic rings. The van der Waals surface area contributed by atoms with Crippen molar-refractivity contribution in [1.29, 1.82) is 0 Å². The minimum absolute atomic E-state index is 0.381. The summed E-state index contributed by atoms with van der Waals surface area (Å²) >= 11 is 7.81. The Balaban J connectivity index is 1.50. The van der Waals surface area contributed by atoms with Crippen LogP contribution in [-0.4, -0.2) is 34.9 Å². The second kappa shape index (κ2) is 8.66. The van der Waals surface area contributed by atoms with Crippen LogP contribution in [0.3, 0.4) is 0 Å². The van der Waals surface area contributed by atoms with Gasteiger partial charge in [0.05, 0.1) is 5.02 Å². The minimum atomic E-state index is 0.381. The fraction of sp³-hybridized carbons (Fsp3) is 0.600. The van der Waals surface area contributed by atoms with Crippen LogP contribution in [-0.2, 0) is 0 Å². The van der Waals surface area contributed by atoms with Crippen molar-refractivity contribution in [3.63, 3.8) is 0 Å². The van der Waals surface area contributed by atoms with Crippen molar-refractivity contribution in [2.24, 2.45) is 16.3 Å². The molecule has 1 saturated carbocycles. The first-order valence-corrected chi connectivity index (χ1v) is 10.9. The Hall–Kier alpha value is -1.20. The lowest BCUT2D eigenvalue weighted by Gasteiger charge is -2.40. The second-order valence-corrected chi connectivity index (χ2v) is 9.05. The van der Waals surface area contributed by atoms with Crippen LogP contribution < -0.4 is 5.73 Å². The van der Waals surface area contributed by atoms with Crippen LogP contribution in [0, 0.1) is 11.3 Å². The molecule has 1 atom stereocenters. The number of halogens is 1. The number of likely N-dealkylation sites (tertiary alicyclic amines) is 1. The summed E-state index contributed by atoms with van der Waals surface area (Å²) in [5.74, 6) is 3.14. The fourth-order valence-corrected chi connectivity index (χ4v) is 5.30. The number of nitrogens with two attached hydrogens (primary N) is 1. The lowest BCUT2D eigenvalue weighted by molar-refractivity contribution is 0.128. The third-order valence-electron chi connectivity index (χ3n) is 5.77. The van der Waals surface area contributed by atoms with E-state index in [4.69, 9.17) is 22.3 Å². The van der Waals surface area contributed by atoms with Gasteiger partial charge in [-0.3, -0.25) is 0 Å². The van der Waals surface area contributed by atoms with Crippen LogP contribution in [0.5, 0.6) is 0 Å². The quantitative estimate of drug-likeness (QED) is 0.549. The number of piperidine rings is 1. The molecule has 1 spiro atoms. The zero-order valence-corrected chi connectivity index (χ0v) is 17.3. The van der Waals surface area contributed by atoms with E-state index in [2.05, 4.69) is 29.8 Å². The number of rotatable bonds is 5. The van der Waals surface area contributed by atoms with Crippen LogP contribution in [0.1, 0.15) is 46.0 Å². The normalized spacial score (nSPS) is 23.3. The molecule has 1 unspecified atom stereocenters. The zero-order valence-electron chi connectivity index (χ0n) is 15.7. The number of aromatic nitrogens is 1. The largest absolute Gasteiger partial charge is 0.382 e. The molecule has 0 bridgehead atoms. The molecule has 1 saturated heterocycles. The number of allylic oxidation sites excluding steroid dienone is 1. The molecule has 6 heteroatoms. The van der Waals surface area contributed by atoms with E-state index in [0.717, 1.165) is 35.5 Å². The molecular formula is C20H29ClN4S. The molecule has 1 aliphatic heterocycles. The highest BCUT2D eigenvalue weighted by Gasteiger charge is 2.39. The summed E-state index contributed by atoms with van der Waals surface area (Å²) in [5.41, 5.74) is 6.36. The number of thioether (sulfide) groups is 1. The monoisotopic (exact) mass is 392 g/mol. The Morgan fingerprint density at radius 3 is 2.88 bits per heavy atom. The summed E-state index contributed by atoms with van der Waals surface area (Å²) in [6.07, 6.45) is 12.6. The van der Waals surface area contributed by atoms with E-state index >= 15 is 0 Å². The van der Waals surface area contributed by atoms with Crippen LogP contribution in [0.4, 0.5) is 5.82 Å². The van der Waals surface area contributed by atoms with Gasteiger partial charge in [-0.15, -0.1) is 11.8 Å². The predicted molar refractivity (Wildman–Crippen MR) is 113 cm³/mol. The Kier molecular flexibility index (Phi) is 6.51. The number of hydrogen-bond donors (Lipinski definition) is 1. The van der Waals surface area contributed by atoms with Gasteiger partial charge in [-0.2, -0.15) is 0 Å². The van der Waals surface area contributed by atoms with Crippen molar-refractivity contribution in [2.75, 3.05) is 24.6 Å². The SMILES string of the molecule is C/C=C(\N=C/CSc1ccnc(N)c1Cl)N1CCC2(CCC(C)C2)CC1. The second-order valence-electron chi connectivity index (χ2n) is 7.61. The van der Waals surface area contributed by atoms with Gasteiger partial charge in [-0.05, 0) is 56.1 Å². The Morgan fingerprint density at radius 2 is 2.23 bits per heavy atom. The maximum atomic E-state index is 6.18. The first-order chi connectivity index (χ1) is 12.5. The molecule has 0 aromatic carbocycles. The molecule has 0 amide bonds. The van der Waals surface area contributed by atoms with Gasteiger partial charge in [0.25, 0.3) is 0 Å². The number of anilines is 1. The number of aliphatic imine (C=N–C) groups is 1. The Labute approximate surface area is 166 Å². The molecule has 3 rings (SSSR count). The number of hydrogen-bond acceptors (Lipinski definition) is 5. The molecule has 142 valence electrons. The van der Waals surface area contributed by atoms with Gasteiger partial charge in [0.1, 0.15) is 11.6 Å². The van der Waals surface area contributed by atoms with Gasteiger partial charge in [0, 0.05) is 36.1 Å². The summed E-state index contributed by atoms with van der Waals surface area (Å²) in [5, 5.41) is 0.532. The van der Waals surface area contributed by atoms with E-state index in [0.29, 0.717) is 16.3 Å². The summed E-state index contributed by atoms with van der Waals surface area (Å²) in [6.45, 7) is 6.73. The standard InChI is InChI=1S/C20H29ClN4S/c1-3-17(23-10-13-26-16-5-9-24-19(22)18(16)21)25-11-7-20(8-12-25)6-4-15(2)14-20/h3,5,9-10,15H,4,6-8,11-14H2,1-2H3,(H2,22,24)/b17-3+,23-10-. The average Bonchev–Trinajstić information content (AvgIpc) is 3.00. The van der Waals surface area contributed by atoms with E-state index in [1.165, 1.54) is 32.1 Å². The molecule has 1 aliphatic carbocycles. The van der Waals surface area contributed by atoms with Gasteiger partial charge in [0.15, 0.2) is 0 Å². The highest BCUT2D eigenvalue weighted by Crippen LogP contribution is 2.49. The van der Waals surface area contributed by atoms with E-state index in [1.807, 2.05) is 12.3 Å². The molecule has 2 fully saturated rings. The zero-order chi connectivity index (χ0) is 18.6. The van der Waals surface area contributed by atoms with Gasteiger partial charge in [-0.1, -0.05) is 24.9 Å². The van der Waals surface area contributed by atoms with Crippen LogP contribution in [0.25, 0.3) is 0 Å². The summed E-state index contributed by atoms with van der Waals surface area (Å²) in [7, 11) is 0.